The predicted octanol–water partition coefficient (Wildman–Crippen LogP) is 0.0207. The molecule has 1 rings (SSSR count). The molecule has 0 aliphatic carbocycles. The molecule has 0 saturated carbocycles. The van der Waals surface area contributed by atoms with Crippen LogP contribution in [0.15, 0.2) is 0 Å². The van der Waals surface area contributed by atoms with E-state index >= 15 is 0 Å². The van der Waals surface area contributed by atoms with Crippen LogP contribution in [0.25, 0.3) is 0 Å². The summed E-state index contributed by atoms with van der Waals surface area (Å²) in [6.07, 6.45) is -0.0154. The lowest BCUT2D eigenvalue weighted by Gasteiger charge is -2.27. The number of methoxy groups -OCH3 is 2. The van der Waals surface area contributed by atoms with Gasteiger partial charge in [0.15, 0.2) is 6.29 Å². The molecule has 0 spiro atoms. The van der Waals surface area contributed by atoms with Crippen molar-refractivity contribution >= 4 is 0 Å². The molecule has 1 heterocycles. The summed E-state index contributed by atoms with van der Waals surface area (Å²) in [5, 5.41) is 0. The van der Waals surface area contributed by atoms with Crippen molar-refractivity contribution in [3.05, 3.63) is 0 Å². The van der Waals surface area contributed by atoms with Crippen LogP contribution in [0.5, 0.6) is 0 Å². The maximum absolute atomic E-state index is 5.35. The molecule has 0 bridgehead atoms. The number of rotatable bonds is 5. The summed E-state index contributed by atoms with van der Waals surface area (Å²) in [4.78, 5) is 0. The van der Waals surface area contributed by atoms with Crippen molar-refractivity contribution in [3.63, 3.8) is 0 Å². The van der Waals surface area contributed by atoms with E-state index < -0.39 is 0 Å². The molecule has 1 saturated heterocycles. The fraction of sp³-hybridized carbons (Fsp3) is 1.00. The monoisotopic (exact) mass is 162 g/mol. The summed E-state index contributed by atoms with van der Waals surface area (Å²) in [6.45, 7) is 1.86. The molecule has 11 heavy (non-hydrogen) atoms. The molecule has 1 fully saturated rings. The van der Waals surface area contributed by atoms with Crippen LogP contribution in [0.1, 0.15) is 0 Å². The Labute approximate surface area is 66.4 Å². The topological polar surface area (TPSA) is 36.9 Å². The second kappa shape index (κ2) is 4.66. The van der Waals surface area contributed by atoms with Crippen molar-refractivity contribution in [1.29, 1.82) is 0 Å². The van der Waals surface area contributed by atoms with Crippen LogP contribution in [0.2, 0.25) is 0 Å². The van der Waals surface area contributed by atoms with Gasteiger partial charge in [0.05, 0.1) is 19.8 Å². The Hall–Kier alpha value is -0.160. The quantitative estimate of drug-likeness (QED) is 0.534. The smallest absolute Gasteiger partial charge is 0.180 e. The first-order chi connectivity index (χ1) is 5.36. The largest absolute Gasteiger partial charge is 0.376 e. The first-order valence-corrected chi connectivity index (χ1v) is 3.61. The Morgan fingerprint density at radius 2 is 2.00 bits per heavy atom. The first kappa shape index (κ1) is 8.93. The van der Waals surface area contributed by atoms with Crippen LogP contribution >= 0.6 is 0 Å². The van der Waals surface area contributed by atoms with Gasteiger partial charge >= 0.3 is 0 Å². The van der Waals surface area contributed by atoms with Crippen LogP contribution < -0.4 is 0 Å². The molecule has 0 aromatic carbocycles. The summed E-state index contributed by atoms with van der Waals surface area (Å²) < 4.78 is 20.1. The number of hydrogen-bond donors (Lipinski definition) is 0. The normalized spacial score (nSPS) is 18.8. The molecule has 1 aliphatic heterocycles. The van der Waals surface area contributed by atoms with Gasteiger partial charge in [-0.15, -0.1) is 0 Å². The second-order valence-electron chi connectivity index (χ2n) is 2.39. The van der Waals surface area contributed by atoms with Crippen molar-refractivity contribution in [2.45, 2.75) is 12.4 Å². The maximum atomic E-state index is 5.35. The first-order valence-electron chi connectivity index (χ1n) is 3.61. The van der Waals surface area contributed by atoms with Crippen molar-refractivity contribution in [2.24, 2.45) is 0 Å². The number of hydrogen-bond acceptors (Lipinski definition) is 4. The zero-order valence-electron chi connectivity index (χ0n) is 6.91. The molecule has 0 aromatic heterocycles. The average molecular weight is 162 g/mol. The van der Waals surface area contributed by atoms with E-state index in [1.54, 1.807) is 14.2 Å². The van der Waals surface area contributed by atoms with E-state index in [4.69, 9.17) is 18.9 Å². The minimum atomic E-state index is -0.254. The highest BCUT2D eigenvalue weighted by Gasteiger charge is 2.20. The molecule has 66 valence electrons. The Balaban J connectivity index is 1.99. The predicted molar refractivity (Wildman–Crippen MR) is 38.4 cm³/mol. The van der Waals surface area contributed by atoms with Gasteiger partial charge in [0, 0.05) is 14.2 Å². The summed E-state index contributed by atoms with van der Waals surface area (Å²) in [6, 6.07) is 0. The van der Waals surface area contributed by atoms with Gasteiger partial charge in [-0.1, -0.05) is 0 Å². The average Bonchev–Trinajstić information content (AvgIpc) is 1.95. The van der Waals surface area contributed by atoms with E-state index in [-0.39, 0.29) is 12.4 Å². The number of ether oxygens (including phenoxy) is 4. The second-order valence-corrected chi connectivity index (χ2v) is 2.39. The molecule has 4 nitrogen and oxygen atoms in total. The van der Waals surface area contributed by atoms with Crippen molar-refractivity contribution in [1.82, 2.24) is 0 Å². The fourth-order valence-corrected chi connectivity index (χ4v) is 0.757. The van der Waals surface area contributed by atoms with E-state index in [0.717, 1.165) is 0 Å². The molecule has 4 heteroatoms. The van der Waals surface area contributed by atoms with Crippen molar-refractivity contribution in [2.75, 3.05) is 34.0 Å². The van der Waals surface area contributed by atoms with Gasteiger partial charge in [0.1, 0.15) is 6.10 Å². The van der Waals surface area contributed by atoms with Gasteiger partial charge in [-0.25, -0.2) is 0 Å². The minimum absolute atomic E-state index is 0.239. The van der Waals surface area contributed by atoms with Crippen molar-refractivity contribution < 1.29 is 18.9 Å². The Bertz CT molecular complexity index is 98.6. The van der Waals surface area contributed by atoms with Crippen LogP contribution in [-0.4, -0.2) is 46.4 Å². The van der Waals surface area contributed by atoms with Crippen LogP contribution in [-0.2, 0) is 18.9 Å². The molecule has 0 atom stereocenters. The zero-order chi connectivity index (χ0) is 8.10. The van der Waals surface area contributed by atoms with Gasteiger partial charge in [-0.2, -0.15) is 0 Å². The highest BCUT2D eigenvalue weighted by Crippen LogP contribution is 2.06. The summed E-state index contributed by atoms with van der Waals surface area (Å²) in [7, 11) is 3.18. The van der Waals surface area contributed by atoms with Crippen LogP contribution in [0.4, 0.5) is 0 Å². The Morgan fingerprint density at radius 1 is 1.36 bits per heavy atom. The van der Waals surface area contributed by atoms with E-state index in [0.29, 0.717) is 19.8 Å². The fourth-order valence-electron chi connectivity index (χ4n) is 0.757. The molecule has 0 radical (unpaired) electrons. The summed E-state index contributed by atoms with van der Waals surface area (Å²) in [5.41, 5.74) is 0. The van der Waals surface area contributed by atoms with Gasteiger partial charge in [0.2, 0.25) is 0 Å². The molecule has 0 aromatic rings. The third kappa shape index (κ3) is 2.75. The standard InChI is InChI=1S/C7H14O4/c1-8-7(9-2)5-11-6-3-10-4-6/h6-7H,3-5H2,1-2H3. The molecule has 1 aliphatic rings. The lowest BCUT2D eigenvalue weighted by Crippen LogP contribution is -2.38. The van der Waals surface area contributed by atoms with Crippen LogP contribution in [0.3, 0.4) is 0 Å². The van der Waals surface area contributed by atoms with Gasteiger partial charge < -0.3 is 18.9 Å². The SMILES string of the molecule is COC(COC1COC1)OC. The third-order valence-corrected chi connectivity index (χ3v) is 1.60. The highest BCUT2D eigenvalue weighted by molar-refractivity contribution is 4.64. The Morgan fingerprint density at radius 3 is 2.36 bits per heavy atom. The summed E-state index contributed by atoms with van der Waals surface area (Å²) >= 11 is 0. The van der Waals surface area contributed by atoms with E-state index in [1.165, 1.54) is 0 Å². The zero-order valence-corrected chi connectivity index (χ0v) is 6.91. The molecular weight excluding hydrogens is 148 g/mol. The molecule has 0 N–H and O–H groups in total. The minimum Gasteiger partial charge on any atom is -0.376 e. The molecule has 0 amide bonds. The molecule has 0 unspecified atom stereocenters. The van der Waals surface area contributed by atoms with E-state index in [2.05, 4.69) is 0 Å². The van der Waals surface area contributed by atoms with Gasteiger partial charge in [-0.05, 0) is 0 Å². The van der Waals surface area contributed by atoms with E-state index in [1.807, 2.05) is 0 Å². The van der Waals surface area contributed by atoms with Gasteiger partial charge in [0.25, 0.3) is 0 Å². The summed E-state index contributed by atoms with van der Waals surface area (Å²) in [5.74, 6) is 0. The third-order valence-electron chi connectivity index (χ3n) is 1.60. The van der Waals surface area contributed by atoms with E-state index in [9.17, 15) is 0 Å². The lowest BCUT2D eigenvalue weighted by molar-refractivity contribution is -0.191. The Kier molecular flexibility index (Phi) is 3.79. The van der Waals surface area contributed by atoms with Crippen molar-refractivity contribution in [3.8, 4) is 0 Å². The van der Waals surface area contributed by atoms with Crippen LogP contribution in [0, 0.1) is 0 Å². The highest BCUT2D eigenvalue weighted by atomic mass is 16.7. The maximum Gasteiger partial charge on any atom is 0.180 e. The van der Waals surface area contributed by atoms with Gasteiger partial charge in [-0.3, -0.25) is 0 Å². The molecular formula is C7H14O4. The lowest BCUT2D eigenvalue weighted by atomic mass is 10.3.